The van der Waals surface area contributed by atoms with Gasteiger partial charge in [-0.2, -0.15) is 0 Å². The van der Waals surface area contributed by atoms with Crippen LogP contribution >= 0.6 is 0 Å². The maximum absolute atomic E-state index is 6.18. The molecule has 0 radical (unpaired) electrons. The Labute approximate surface area is 662 Å². The molecular formula is C93H115N19. The Morgan fingerprint density at radius 3 is 1.08 bits per heavy atom. The zero-order chi connectivity index (χ0) is 77.7. The maximum Gasteiger partial charge on any atom is 0.206 e. The summed E-state index contributed by atoms with van der Waals surface area (Å²) in [7, 11) is 6.17. The van der Waals surface area contributed by atoms with Gasteiger partial charge in [-0.05, 0) is 64.6 Å². The molecule has 0 unspecified atom stereocenters. The number of hydrogen-bond donors (Lipinski definition) is 3. The van der Waals surface area contributed by atoms with Gasteiger partial charge in [0.1, 0.15) is 27.9 Å². The number of nitrogens with one attached hydrogen (secondary N) is 1. The van der Waals surface area contributed by atoms with Gasteiger partial charge in [-0.3, -0.25) is 0 Å². The Hall–Kier alpha value is -12.1. The second-order valence-electron chi connectivity index (χ2n) is 30.1. The standard InChI is InChI=1S/C32H35N5.C25H29N5.C18H23N5.C16H20N4.2CH4/c1-5-20-35(4)32-34-29-30(37(32)21-24(2)3)27-18-12-13-19-28(27)33-31(29)36(22-25-14-8-6-9-15-25)23-26-16-10-7-11-17-26;1-5-15-29(4)25-28-22-23(30(25)17-18(2)3)20-13-9-10-14-21(20)27-24(22)26-16-19-11-7-6-8-12-19;1-5-10-22(4)18-21-15-16(23(18)11-12(2)3)13-8-6-7-9-14(13)20-17(15)19;1-4-13-19-14-15(20(13)9-10(2)3)11-7-5-6-8-12(11)18-16(14)17;;/h5-19,24H,1,20-23H2,2-4H3;5-14,18H,1,15-17H2,2-4H3,(H,26,27);5-9,12H,1,10-11H2,2-4H3,(H2,19,20);5-8,10H,4,9H2,1-3H3,(H2,17,18);2*1H4. The first kappa shape index (κ1) is 82.4. The summed E-state index contributed by atoms with van der Waals surface area (Å²) in [6, 6.07) is 64.6. The summed E-state index contributed by atoms with van der Waals surface area (Å²) in [4.78, 5) is 47.8. The summed E-state index contributed by atoms with van der Waals surface area (Å²) >= 11 is 0. The molecule has 5 N–H and O–H groups in total. The first-order valence-electron chi connectivity index (χ1n) is 38.5. The summed E-state index contributed by atoms with van der Waals surface area (Å²) < 4.78 is 9.27. The van der Waals surface area contributed by atoms with E-state index in [1.54, 1.807) is 0 Å². The van der Waals surface area contributed by atoms with Gasteiger partial charge in [0.05, 0.1) is 44.1 Å². The predicted octanol–water partition coefficient (Wildman–Crippen LogP) is 20.6. The number of pyridine rings is 4. The third kappa shape index (κ3) is 18.3. The SMILES string of the molecule is C.C.C=CCN(C)c1nc2c(N(Cc3ccccc3)Cc3ccccc3)nc3ccccc3c2n1CC(C)C.C=CCN(C)c1nc2c(N)nc3ccccc3c2n1CC(C)C.C=CCN(C)c1nc2c(NCc3ccccc3)nc3ccccc3c2n1CC(C)C.CCc1nc2c(N)nc3ccccc3c2n1CC(C)C. The molecule has 7 aromatic carbocycles. The summed E-state index contributed by atoms with van der Waals surface area (Å²) in [6.45, 7) is 39.6. The van der Waals surface area contributed by atoms with Crippen LogP contribution in [-0.4, -0.2) is 98.9 Å². The summed E-state index contributed by atoms with van der Waals surface area (Å²) in [5.41, 5.74) is 27.7. The molecule has 15 rings (SSSR count). The lowest BCUT2D eigenvalue weighted by Gasteiger charge is -2.25. The van der Waals surface area contributed by atoms with E-state index < -0.39 is 0 Å². The number of likely N-dealkylation sites (N-methyl/N-ethyl adjacent to an activating group) is 3. The number of rotatable bonds is 26. The van der Waals surface area contributed by atoms with Crippen molar-refractivity contribution in [3.63, 3.8) is 0 Å². The van der Waals surface area contributed by atoms with Crippen molar-refractivity contribution in [2.45, 2.75) is 129 Å². The van der Waals surface area contributed by atoms with Crippen LogP contribution in [0.2, 0.25) is 0 Å². The van der Waals surface area contributed by atoms with Gasteiger partial charge in [-0.15, -0.1) is 19.7 Å². The Kier molecular flexibility index (Phi) is 27.6. The molecule has 19 nitrogen and oxygen atoms in total. The number of aryl methyl sites for hydroxylation is 1. The Bertz CT molecular complexity index is 5610. The number of anilines is 7. The number of para-hydroxylation sites is 4. The Morgan fingerprint density at radius 2 is 0.688 bits per heavy atom. The number of nitrogens with zero attached hydrogens (tertiary/aromatic N) is 16. The van der Waals surface area contributed by atoms with Crippen LogP contribution in [0.4, 0.5) is 41.1 Å². The highest BCUT2D eigenvalue weighted by Crippen LogP contribution is 2.39. The smallest absolute Gasteiger partial charge is 0.206 e. The fourth-order valence-electron chi connectivity index (χ4n) is 14.5. The molecule has 0 aliphatic carbocycles. The number of imidazole rings is 4. The third-order valence-electron chi connectivity index (χ3n) is 19.2. The van der Waals surface area contributed by atoms with Crippen molar-refractivity contribution in [3.8, 4) is 0 Å². The minimum absolute atomic E-state index is 0. The summed E-state index contributed by atoms with van der Waals surface area (Å²) in [5.74, 6) is 8.63. The molecule has 112 heavy (non-hydrogen) atoms. The van der Waals surface area contributed by atoms with Crippen molar-refractivity contribution in [2.75, 3.05) is 77.2 Å². The summed E-state index contributed by atoms with van der Waals surface area (Å²) in [5, 5.41) is 8.01. The highest BCUT2D eigenvalue weighted by atomic mass is 15.3. The molecule has 0 bridgehead atoms. The van der Waals surface area contributed by atoms with Gasteiger partial charge in [0.25, 0.3) is 0 Å². The van der Waals surface area contributed by atoms with Crippen LogP contribution in [-0.2, 0) is 52.2 Å². The van der Waals surface area contributed by atoms with Crippen LogP contribution < -0.4 is 36.4 Å². The number of benzene rings is 7. The van der Waals surface area contributed by atoms with Gasteiger partial charge >= 0.3 is 0 Å². The molecular weight excluding hydrogens is 1380 g/mol. The zero-order valence-electron chi connectivity index (χ0n) is 66.1. The lowest BCUT2D eigenvalue weighted by molar-refractivity contribution is 0.519. The van der Waals surface area contributed by atoms with Crippen molar-refractivity contribution in [1.29, 1.82) is 0 Å². The second kappa shape index (κ2) is 37.5. The Balaban J connectivity index is 0.000000162. The highest BCUT2D eigenvalue weighted by molar-refractivity contribution is 6.10. The van der Waals surface area contributed by atoms with Crippen LogP contribution in [0.1, 0.15) is 99.7 Å². The minimum Gasteiger partial charge on any atom is -0.382 e. The van der Waals surface area contributed by atoms with Crippen LogP contribution in [0.3, 0.4) is 0 Å². The van der Waals surface area contributed by atoms with Gasteiger partial charge in [-0.25, -0.2) is 39.9 Å². The monoisotopic (exact) mass is 1500 g/mol. The molecule has 0 fully saturated rings. The molecule has 0 saturated carbocycles. The fourth-order valence-corrected chi connectivity index (χ4v) is 14.5. The van der Waals surface area contributed by atoms with Gasteiger partial charge in [0.15, 0.2) is 23.3 Å². The van der Waals surface area contributed by atoms with Crippen LogP contribution in [0.15, 0.2) is 226 Å². The van der Waals surface area contributed by atoms with Crippen molar-refractivity contribution >= 4 is 129 Å². The normalized spacial score (nSPS) is 11.2. The van der Waals surface area contributed by atoms with E-state index in [1.807, 2.05) is 73.8 Å². The van der Waals surface area contributed by atoms with Crippen LogP contribution in [0, 0.1) is 23.7 Å². The zero-order valence-corrected chi connectivity index (χ0v) is 66.1. The van der Waals surface area contributed by atoms with Gasteiger partial charge in [0.2, 0.25) is 17.8 Å². The molecule has 8 aromatic heterocycles. The number of fused-ring (bicyclic) bond motifs is 12. The minimum atomic E-state index is 0. The number of nitrogens with two attached hydrogens (primary N) is 2. The molecule has 15 aromatic rings. The van der Waals surface area contributed by atoms with Crippen molar-refractivity contribution in [3.05, 3.63) is 249 Å². The average Bonchev–Trinajstić information content (AvgIpc) is 1.61. The summed E-state index contributed by atoms with van der Waals surface area (Å²) in [6.07, 6.45) is 6.60. The second-order valence-corrected chi connectivity index (χ2v) is 30.1. The van der Waals surface area contributed by atoms with Crippen molar-refractivity contribution in [1.82, 2.24) is 58.1 Å². The van der Waals surface area contributed by atoms with E-state index in [4.69, 9.17) is 41.4 Å². The largest absolute Gasteiger partial charge is 0.382 e. The van der Waals surface area contributed by atoms with Crippen LogP contribution in [0.5, 0.6) is 0 Å². The molecule has 0 aliphatic heterocycles. The Morgan fingerprint density at radius 1 is 0.375 bits per heavy atom. The van der Waals surface area contributed by atoms with Crippen molar-refractivity contribution < 1.29 is 0 Å². The van der Waals surface area contributed by atoms with Gasteiger partial charge in [-0.1, -0.05) is 259 Å². The van der Waals surface area contributed by atoms with E-state index in [-0.39, 0.29) is 14.9 Å². The van der Waals surface area contributed by atoms with Crippen molar-refractivity contribution in [2.24, 2.45) is 23.7 Å². The fraction of sp³-hybridized carbons (Fsp3) is 0.312. The molecule has 19 heteroatoms. The van der Waals surface area contributed by atoms with E-state index in [9.17, 15) is 0 Å². The van der Waals surface area contributed by atoms with Crippen LogP contribution in [0.25, 0.3) is 87.7 Å². The third-order valence-corrected chi connectivity index (χ3v) is 19.2. The van der Waals surface area contributed by atoms with E-state index in [0.717, 1.165) is 188 Å². The highest BCUT2D eigenvalue weighted by Gasteiger charge is 2.27. The van der Waals surface area contributed by atoms with Gasteiger partial charge in [0, 0.05) is 115 Å². The molecule has 0 spiro atoms. The number of aromatic nitrogens is 12. The molecule has 8 heterocycles. The quantitative estimate of drug-likeness (QED) is 0.0432. The number of hydrogen-bond acceptors (Lipinski definition) is 15. The van der Waals surface area contributed by atoms with E-state index in [1.165, 1.54) is 16.7 Å². The number of nitrogen functional groups attached to an aromatic ring is 2. The van der Waals surface area contributed by atoms with E-state index in [2.05, 4.69) is 289 Å². The van der Waals surface area contributed by atoms with E-state index in [0.29, 0.717) is 41.9 Å². The molecule has 0 aliphatic rings. The lowest BCUT2D eigenvalue weighted by atomic mass is 10.1. The van der Waals surface area contributed by atoms with Gasteiger partial charge < -0.3 is 54.7 Å². The first-order valence-corrected chi connectivity index (χ1v) is 38.5. The molecule has 582 valence electrons. The first-order chi connectivity index (χ1) is 53.3. The van der Waals surface area contributed by atoms with E-state index >= 15 is 0 Å². The topological polar surface area (TPSA) is 200 Å². The predicted molar refractivity (Wildman–Crippen MR) is 478 cm³/mol. The molecule has 0 amide bonds. The molecule has 0 saturated heterocycles. The molecule has 0 atom stereocenters. The maximum atomic E-state index is 6.18. The average molecular weight is 1500 g/mol. The lowest BCUT2D eigenvalue weighted by Crippen LogP contribution is -2.23.